The Morgan fingerprint density at radius 1 is 1.33 bits per heavy atom. The van der Waals surface area contributed by atoms with Crippen LogP contribution in [0.3, 0.4) is 0 Å². The van der Waals surface area contributed by atoms with E-state index in [1.807, 2.05) is 18.3 Å². The van der Waals surface area contributed by atoms with Crippen molar-refractivity contribution in [2.45, 2.75) is 26.2 Å². The topological polar surface area (TPSA) is 44.7 Å². The molecule has 0 aliphatic rings. The first-order valence-electron chi connectivity index (χ1n) is 6.24. The van der Waals surface area contributed by atoms with Gasteiger partial charge in [-0.2, -0.15) is 5.10 Å². The summed E-state index contributed by atoms with van der Waals surface area (Å²) in [5.41, 5.74) is 4.51. The average molecular weight is 247 g/mol. The van der Waals surface area contributed by atoms with E-state index in [2.05, 4.69) is 17.5 Å². The summed E-state index contributed by atoms with van der Waals surface area (Å²) in [6.07, 6.45) is 5.19. The number of hydrogen-bond donors (Lipinski definition) is 1. The Kier molecular flexibility index (Phi) is 5.91. The maximum absolute atomic E-state index is 11.7. The molecule has 1 N–H and O–H groups in total. The van der Waals surface area contributed by atoms with Crippen molar-refractivity contribution in [2.24, 2.45) is 5.10 Å². The highest BCUT2D eigenvalue weighted by atomic mass is 16.2. The van der Waals surface area contributed by atoms with E-state index in [0.29, 0.717) is 5.56 Å². The van der Waals surface area contributed by atoms with Gasteiger partial charge in [0.15, 0.2) is 0 Å². The van der Waals surface area contributed by atoms with Crippen molar-refractivity contribution >= 4 is 17.8 Å². The van der Waals surface area contributed by atoms with Gasteiger partial charge in [-0.05, 0) is 37.1 Å². The predicted octanol–water partition coefficient (Wildman–Crippen LogP) is 2.98. The number of nitrogens with zero attached hydrogens (tertiary/aromatic N) is 2. The molecule has 0 atom stereocenters. The minimum Gasteiger partial charge on any atom is -0.345 e. The molecule has 0 spiro atoms. The lowest BCUT2D eigenvalue weighted by atomic mass is 10.2. The van der Waals surface area contributed by atoms with E-state index in [0.717, 1.165) is 18.5 Å². The summed E-state index contributed by atoms with van der Waals surface area (Å²) < 4.78 is 0. The van der Waals surface area contributed by atoms with Crippen LogP contribution in [0, 0.1) is 0 Å². The molecule has 0 heterocycles. The van der Waals surface area contributed by atoms with Crippen molar-refractivity contribution in [3.8, 4) is 0 Å². The van der Waals surface area contributed by atoms with Crippen LogP contribution in [0.4, 0.5) is 5.69 Å². The number of hydrogen-bond acceptors (Lipinski definition) is 3. The molecule has 0 aliphatic heterocycles. The first kappa shape index (κ1) is 14.2. The van der Waals surface area contributed by atoms with Crippen molar-refractivity contribution in [3.05, 3.63) is 29.8 Å². The van der Waals surface area contributed by atoms with Crippen molar-refractivity contribution in [1.29, 1.82) is 0 Å². The van der Waals surface area contributed by atoms with Gasteiger partial charge in [0.1, 0.15) is 0 Å². The number of rotatable bonds is 6. The minimum atomic E-state index is 0.00740. The Morgan fingerprint density at radius 3 is 2.56 bits per heavy atom. The summed E-state index contributed by atoms with van der Waals surface area (Å²) in [4.78, 5) is 13.2. The number of benzene rings is 1. The summed E-state index contributed by atoms with van der Waals surface area (Å²) in [7, 11) is 3.49. The summed E-state index contributed by atoms with van der Waals surface area (Å²) in [5, 5.41) is 4.12. The van der Waals surface area contributed by atoms with Crippen LogP contribution < -0.4 is 5.43 Å². The summed E-state index contributed by atoms with van der Waals surface area (Å²) in [6.45, 7) is 2.15. The Bertz CT molecular complexity index is 396. The second kappa shape index (κ2) is 7.48. The van der Waals surface area contributed by atoms with Crippen molar-refractivity contribution < 1.29 is 4.79 Å². The van der Waals surface area contributed by atoms with E-state index in [4.69, 9.17) is 0 Å². The lowest BCUT2D eigenvalue weighted by molar-refractivity contribution is 0.0827. The summed E-state index contributed by atoms with van der Waals surface area (Å²) in [5.74, 6) is 0.00740. The second-order valence-electron chi connectivity index (χ2n) is 4.34. The summed E-state index contributed by atoms with van der Waals surface area (Å²) >= 11 is 0. The van der Waals surface area contributed by atoms with Gasteiger partial charge in [-0.3, -0.25) is 10.2 Å². The molecule has 0 saturated carbocycles. The van der Waals surface area contributed by atoms with E-state index in [1.54, 1.807) is 31.1 Å². The molecule has 1 aromatic rings. The molecular formula is C14H21N3O. The first-order valence-corrected chi connectivity index (χ1v) is 6.24. The van der Waals surface area contributed by atoms with Crippen LogP contribution in [0.1, 0.15) is 36.5 Å². The standard InChI is InChI=1S/C14H21N3O/c1-4-5-6-11-15-16-13-9-7-12(8-10-13)14(18)17(2)3/h7-11,16H,4-6H2,1-3H3. The van der Waals surface area contributed by atoms with Crippen LogP contribution in [0.15, 0.2) is 29.4 Å². The Labute approximate surface area is 109 Å². The van der Waals surface area contributed by atoms with Crippen LogP contribution in [0.5, 0.6) is 0 Å². The third-order valence-corrected chi connectivity index (χ3v) is 2.51. The molecule has 1 rings (SSSR count). The number of hydrazone groups is 1. The van der Waals surface area contributed by atoms with Crippen LogP contribution >= 0.6 is 0 Å². The van der Waals surface area contributed by atoms with Crippen molar-refractivity contribution in [2.75, 3.05) is 19.5 Å². The maximum Gasteiger partial charge on any atom is 0.253 e. The number of nitrogens with one attached hydrogen (secondary N) is 1. The molecule has 0 unspecified atom stereocenters. The minimum absolute atomic E-state index is 0.00740. The zero-order chi connectivity index (χ0) is 13.4. The Morgan fingerprint density at radius 2 is 2.00 bits per heavy atom. The van der Waals surface area contributed by atoms with Gasteiger partial charge in [-0.1, -0.05) is 13.3 Å². The molecular weight excluding hydrogens is 226 g/mol. The van der Waals surface area contributed by atoms with Gasteiger partial charge < -0.3 is 4.90 Å². The SMILES string of the molecule is CCCCC=NNc1ccc(C(=O)N(C)C)cc1. The smallest absolute Gasteiger partial charge is 0.253 e. The molecule has 0 saturated heterocycles. The molecule has 18 heavy (non-hydrogen) atoms. The first-order chi connectivity index (χ1) is 8.65. The molecule has 0 radical (unpaired) electrons. The molecule has 0 fully saturated rings. The van der Waals surface area contributed by atoms with Gasteiger partial charge in [0.05, 0.1) is 5.69 Å². The fourth-order valence-electron chi connectivity index (χ4n) is 1.43. The van der Waals surface area contributed by atoms with Crippen molar-refractivity contribution in [3.63, 3.8) is 0 Å². The fraction of sp³-hybridized carbons (Fsp3) is 0.429. The van der Waals surface area contributed by atoms with Gasteiger partial charge in [0.25, 0.3) is 5.91 Å². The molecule has 0 aromatic heterocycles. The third kappa shape index (κ3) is 4.57. The molecule has 1 aromatic carbocycles. The molecule has 4 nitrogen and oxygen atoms in total. The number of amides is 1. The summed E-state index contributed by atoms with van der Waals surface area (Å²) in [6, 6.07) is 7.31. The van der Waals surface area contributed by atoms with Crippen LogP contribution in [0.25, 0.3) is 0 Å². The van der Waals surface area contributed by atoms with Gasteiger partial charge >= 0.3 is 0 Å². The van der Waals surface area contributed by atoms with E-state index < -0.39 is 0 Å². The van der Waals surface area contributed by atoms with E-state index in [-0.39, 0.29) is 5.91 Å². The van der Waals surface area contributed by atoms with E-state index in [1.165, 1.54) is 6.42 Å². The average Bonchev–Trinajstić information content (AvgIpc) is 2.38. The highest BCUT2D eigenvalue weighted by Crippen LogP contribution is 2.10. The lowest BCUT2D eigenvalue weighted by Gasteiger charge is -2.10. The van der Waals surface area contributed by atoms with Crippen LogP contribution in [-0.4, -0.2) is 31.1 Å². The fourth-order valence-corrected chi connectivity index (χ4v) is 1.43. The van der Waals surface area contributed by atoms with Crippen LogP contribution in [0.2, 0.25) is 0 Å². The lowest BCUT2D eigenvalue weighted by Crippen LogP contribution is -2.21. The van der Waals surface area contributed by atoms with Gasteiger partial charge in [0.2, 0.25) is 0 Å². The number of anilines is 1. The Balaban J connectivity index is 2.50. The molecule has 98 valence electrons. The monoisotopic (exact) mass is 247 g/mol. The van der Waals surface area contributed by atoms with Gasteiger partial charge in [-0.15, -0.1) is 0 Å². The van der Waals surface area contributed by atoms with E-state index in [9.17, 15) is 4.79 Å². The number of carbonyl (C=O) groups is 1. The Hall–Kier alpha value is -1.84. The van der Waals surface area contributed by atoms with Crippen molar-refractivity contribution in [1.82, 2.24) is 4.90 Å². The molecule has 0 bridgehead atoms. The largest absolute Gasteiger partial charge is 0.345 e. The highest BCUT2D eigenvalue weighted by molar-refractivity contribution is 5.94. The highest BCUT2D eigenvalue weighted by Gasteiger charge is 2.06. The predicted molar refractivity (Wildman–Crippen MR) is 76.1 cm³/mol. The quantitative estimate of drug-likeness (QED) is 0.477. The second-order valence-corrected chi connectivity index (χ2v) is 4.34. The molecule has 0 aliphatic carbocycles. The van der Waals surface area contributed by atoms with Crippen LogP contribution in [-0.2, 0) is 0 Å². The zero-order valence-electron chi connectivity index (χ0n) is 11.3. The molecule has 1 amide bonds. The molecule has 4 heteroatoms. The number of carbonyl (C=O) groups excluding carboxylic acids is 1. The van der Waals surface area contributed by atoms with Gasteiger partial charge in [-0.25, -0.2) is 0 Å². The zero-order valence-corrected chi connectivity index (χ0v) is 11.3. The third-order valence-electron chi connectivity index (χ3n) is 2.51. The van der Waals surface area contributed by atoms with Gasteiger partial charge in [0, 0.05) is 25.9 Å². The number of unbranched alkanes of at least 4 members (excludes halogenated alkanes) is 2. The van der Waals surface area contributed by atoms with E-state index >= 15 is 0 Å². The normalized spacial score (nSPS) is 10.6. The maximum atomic E-state index is 11.7.